The van der Waals surface area contributed by atoms with Crippen molar-refractivity contribution in [1.29, 1.82) is 0 Å². The van der Waals surface area contributed by atoms with Gasteiger partial charge in [0.1, 0.15) is 0 Å². The zero-order valence-corrected chi connectivity index (χ0v) is 12.2. The smallest absolute Gasteiger partial charge is 0.152 e. The Morgan fingerprint density at radius 3 is 2.33 bits per heavy atom. The lowest BCUT2D eigenvalue weighted by Crippen LogP contribution is -2.51. The van der Waals surface area contributed by atoms with Crippen molar-refractivity contribution >= 4 is 9.84 Å². The lowest BCUT2D eigenvalue weighted by molar-refractivity contribution is 0.173. The second-order valence-electron chi connectivity index (χ2n) is 6.52. The summed E-state index contributed by atoms with van der Waals surface area (Å²) in [7, 11) is -2.83. The van der Waals surface area contributed by atoms with Gasteiger partial charge in [-0.2, -0.15) is 0 Å². The highest BCUT2D eigenvalue weighted by Gasteiger charge is 2.40. The van der Waals surface area contributed by atoms with E-state index in [1.807, 2.05) is 6.92 Å². The van der Waals surface area contributed by atoms with Crippen LogP contribution in [0, 0.1) is 5.41 Å². The topological polar surface area (TPSA) is 72.2 Å². The number of rotatable bonds is 4. The molecule has 0 bridgehead atoms. The van der Waals surface area contributed by atoms with E-state index in [4.69, 9.17) is 5.73 Å². The Morgan fingerprint density at radius 1 is 1.17 bits per heavy atom. The number of hydrogen-bond donors (Lipinski definition) is 2. The van der Waals surface area contributed by atoms with Crippen LogP contribution >= 0.6 is 0 Å². The summed E-state index contributed by atoms with van der Waals surface area (Å²) in [4.78, 5) is 0. The minimum absolute atomic E-state index is 0.202. The molecule has 0 aromatic carbocycles. The molecule has 1 heterocycles. The minimum Gasteiger partial charge on any atom is -0.330 e. The SMILES string of the molecule is CC1(NCC2(CN)CCCCC2)CCS(=O)(=O)C1. The molecule has 0 radical (unpaired) electrons. The van der Waals surface area contributed by atoms with Crippen molar-refractivity contribution in [3.63, 3.8) is 0 Å². The maximum absolute atomic E-state index is 11.6. The molecular formula is C13H26N2O2S. The third-order valence-electron chi connectivity index (χ3n) is 4.74. The van der Waals surface area contributed by atoms with Gasteiger partial charge in [0, 0.05) is 12.1 Å². The van der Waals surface area contributed by atoms with Crippen LogP contribution in [0.4, 0.5) is 0 Å². The standard InChI is InChI=1S/C13H26N2O2S/c1-12(7-8-18(16,17)11-12)15-10-13(9-14)5-3-2-4-6-13/h15H,2-11,14H2,1H3. The molecule has 1 aliphatic carbocycles. The molecule has 5 heteroatoms. The van der Waals surface area contributed by atoms with Crippen molar-refractivity contribution in [3.8, 4) is 0 Å². The molecule has 18 heavy (non-hydrogen) atoms. The van der Waals surface area contributed by atoms with Gasteiger partial charge in [-0.1, -0.05) is 19.3 Å². The maximum Gasteiger partial charge on any atom is 0.152 e. The van der Waals surface area contributed by atoms with E-state index in [-0.39, 0.29) is 16.7 Å². The minimum atomic E-state index is -2.83. The fraction of sp³-hybridized carbons (Fsp3) is 1.00. The van der Waals surface area contributed by atoms with Gasteiger partial charge in [-0.15, -0.1) is 0 Å². The van der Waals surface area contributed by atoms with Crippen molar-refractivity contribution < 1.29 is 8.42 Å². The Morgan fingerprint density at radius 2 is 1.83 bits per heavy atom. The number of nitrogens with two attached hydrogens (primary N) is 1. The summed E-state index contributed by atoms with van der Waals surface area (Å²) in [5, 5.41) is 3.52. The van der Waals surface area contributed by atoms with Crippen LogP contribution in [0.25, 0.3) is 0 Å². The zero-order valence-electron chi connectivity index (χ0n) is 11.4. The molecule has 2 fully saturated rings. The van der Waals surface area contributed by atoms with Gasteiger partial charge in [0.2, 0.25) is 0 Å². The highest BCUT2D eigenvalue weighted by atomic mass is 32.2. The summed E-state index contributed by atoms with van der Waals surface area (Å²) < 4.78 is 23.2. The molecule has 3 N–H and O–H groups in total. The van der Waals surface area contributed by atoms with Gasteiger partial charge >= 0.3 is 0 Å². The molecular weight excluding hydrogens is 248 g/mol. The van der Waals surface area contributed by atoms with Gasteiger partial charge in [0.15, 0.2) is 9.84 Å². The number of hydrogen-bond acceptors (Lipinski definition) is 4. The van der Waals surface area contributed by atoms with E-state index in [1.54, 1.807) is 0 Å². The van der Waals surface area contributed by atoms with Crippen LogP contribution < -0.4 is 11.1 Å². The fourth-order valence-corrected chi connectivity index (χ4v) is 5.43. The number of nitrogens with one attached hydrogen (secondary N) is 1. The highest BCUT2D eigenvalue weighted by Crippen LogP contribution is 2.35. The van der Waals surface area contributed by atoms with Gasteiger partial charge in [-0.3, -0.25) is 0 Å². The summed E-state index contributed by atoms with van der Waals surface area (Å²) in [6.45, 7) is 3.61. The van der Waals surface area contributed by atoms with Gasteiger partial charge in [-0.05, 0) is 38.1 Å². The predicted molar refractivity (Wildman–Crippen MR) is 74.3 cm³/mol. The third-order valence-corrected chi connectivity index (χ3v) is 6.64. The Bertz CT molecular complexity index is 388. The first-order valence-electron chi connectivity index (χ1n) is 7.04. The molecule has 1 unspecified atom stereocenters. The monoisotopic (exact) mass is 274 g/mol. The predicted octanol–water partition coefficient (Wildman–Crippen LogP) is 1.06. The first kappa shape index (κ1) is 14.3. The molecule has 2 rings (SSSR count). The van der Waals surface area contributed by atoms with Crippen LogP contribution in [0.2, 0.25) is 0 Å². The summed E-state index contributed by atoms with van der Waals surface area (Å²) in [6, 6.07) is 0. The molecule has 1 saturated carbocycles. The van der Waals surface area contributed by atoms with Gasteiger partial charge in [-0.25, -0.2) is 8.42 Å². The normalized spacial score (nSPS) is 34.6. The molecule has 4 nitrogen and oxygen atoms in total. The van der Waals surface area contributed by atoms with E-state index >= 15 is 0 Å². The zero-order chi connectivity index (χ0) is 13.3. The van der Waals surface area contributed by atoms with E-state index in [1.165, 1.54) is 32.1 Å². The summed E-state index contributed by atoms with van der Waals surface area (Å²) in [5.41, 5.74) is 5.93. The van der Waals surface area contributed by atoms with Crippen molar-refractivity contribution in [3.05, 3.63) is 0 Å². The van der Waals surface area contributed by atoms with Gasteiger partial charge < -0.3 is 11.1 Å². The number of sulfone groups is 1. The lowest BCUT2D eigenvalue weighted by Gasteiger charge is -2.39. The fourth-order valence-electron chi connectivity index (χ4n) is 3.31. The van der Waals surface area contributed by atoms with Crippen molar-refractivity contribution in [2.75, 3.05) is 24.6 Å². The summed E-state index contributed by atoms with van der Waals surface area (Å²) in [6.07, 6.45) is 6.92. The molecule has 1 atom stereocenters. The molecule has 2 aliphatic rings. The van der Waals surface area contributed by atoms with E-state index in [9.17, 15) is 8.42 Å². The third kappa shape index (κ3) is 3.25. The highest BCUT2D eigenvalue weighted by molar-refractivity contribution is 7.91. The summed E-state index contributed by atoms with van der Waals surface area (Å²) in [5.74, 6) is 0.604. The molecule has 1 saturated heterocycles. The molecule has 106 valence electrons. The van der Waals surface area contributed by atoms with E-state index in [2.05, 4.69) is 5.32 Å². The Balaban J connectivity index is 1.94. The first-order chi connectivity index (χ1) is 8.39. The van der Waals surface area contributed by atoms with E-state index in [0.29, 0.717) is 12.3 Å². The van der Waals surface area contributed by atoms with E-state index < -0.39 is 9.84 Å². The van der Waals surface area contributed by atoms with Crippen molar-refractivity contribution in [1.82, 2.24) is 5.32 Å². The van der Waals surface area contributed by atoms with Crippen LogP contribution in [0.5, 0.6) is 0 Å². The van der Waals surface area contributed by atoms with Gasteiger partial charge in [0.25, 0.3) is 0 Å². The maximum atomic E-state index is 11.6. The van der Waals surface area contributed by atoms with Gasteiger partial charge in [0.05, 0.1) is 11.5 Å². The van der Waals surface area contributed by atoms with Crippen LogP contribution in [-0.4, -0.2) is 38.6 Å². The van der Waals surface area contributed by atoms with Crippen LogP contribution in [0.15, 0.2) is 0 Å². The Labute approximate surface area is 111 Å². The largest absolute Gasteiger partial charge is 0.330 e. The van der Waals surface area contributed by atoms with Crippen LogP contribution in [0.3, 0.4) is 0 Å². The van der Waals surface area contributed by atoms with E-state index in [0.717, 1.165) is 13.0 Å². The van der Waals surface area contributed by atoms with Crippen molar-refractivity contribution in [2.45, 2.75) is 51.0 Å². The lowest BCUT2D eigenvalue weighted by atomic mass is 9.73. The first-order valence-corrected chi connectivity index (χ1v) is 8.87. The average Bonchev–Trinajstić information content (AvgIpc) is 2.63. The molecule has 1 aliphatic heterocycles. The average molecular weight is 274 g/mol. The second-order valence-corrected chi connectivity index (χ2v) is 8.71. The summed E-state index contributed by atoms with van der Waals surface area (Å²) >= 11 is 0. The second kappa shape index (κ2) is 5.10. The Kier molecular flexibility index (Phi) is 4.04. The molecule has 0 aromatic heterocycles. The quantitative estimate of drug-likeness (QED) is 0.804. The van der Waals surface area contributed by atoms with Crippen LogP contribution in [0.1, 0.15) is 45.4 Å². The van der Waals surface area contributed by atoms with Crippen molar-refractivity contribution in [2.24, 2.45) is 11.1 Å². The molecule has 0 amide bonds. The molecule has 0 aromatic rings. The van der Waals surface area contributed by atoms with Crippen LogP contribution in [-0.2, 0) is 9.84 Å². The Hall–Kier alpha value is -0.130. The molecule has 0 spiro atoms.